The van der Waals surface area contributed by atoms with Gasteiger partial charge in [0.15, 0.2) is 0 Å². The van der Waals surface area contributed by atoms with E-state index in [4.69, 9.17) is 9.15 Å². The lowest BCUT2D eigenvalue weighted by atomic mass is 10.1. The fourth-order valence-electron chi connectivity index (χ4n) is 2.96. The molecule has 1 aromatic heterocycles. The number of furan rings is 1. The molecule has 2 aromatic carbocycles. The number of likely N-dealkylation sites (N-methyl/N-ethyl adjacent to an activating group) is 1. The zero-order chi connectivity index (χ0) is 14.2. The highest BCUT2D eigenvalue weighted by Gasteiger charge is 2.27. The number of benzene rings is 2. The summed E-state index contributed by atoms with van der Waals surface area (Å²) in [7, 11) is 2.09. The van der Waals surface area contributed by atoms with Crippen molar-refractivity contribution in [3.8, 4) is 5.75 Å². The van der Waals surface area contributed by atoms with E-state index in [0.717, 1.165) is 24.6 Å². The Balaban J connectivity index is 0.00000144. The van der Waals surface area contributed by atoms with Crippen molar-refractivity contribution in [3.63, 3.8) is 0 Å². The Morgan fingerprint density at radius 3 is 2.77 bits per heavy atom. The fraction of sp³-hybridized carbons (Fsp3) is 0.222. The highest BCUT2D eigenvalue weighted by Crippen LogP contribution is 2.32. The molecule has 3 nitrogen and oxygen atoms in total. The summed E-state index contributed by atoms with van der Waals surface area (Å²) in [4.78, 5) is 2.22. The molecule has 2 heterocycles. The maximum absolute atomic E-state index is 6.22. The van der Waals surface area contributed by atoms with Gasteiger partial charge in [-0.25, -0.2) is 0 Å². The molecular formula is C18H18ClNO2. The Kier molecular flexibility index (Phi) is 4.10. The van der Waals surface area contributed by atoms with Gasteiger partial charge in [-0.05, 0) is 36.0 Å². The second-order valence-corrected chi connectivity index (χ2v) is 5.61. The molecule has 4 heteroatoms. The van der Waals surface area contributed by atoms with Gasteiger partial charge in [-0.1, -0.05) is 30.3 Å². The predicted octanol–water partition coefficient (Wildman–Crippen LogP) is 4.42. The van der Waals surface area contributed by atoms with E-state index in [-0.39, 0.29) is 18.5 Å². The summed E-state index contributed by atoms with van der Waals surface area (Å²) >= 11 is 0. The molecule has 0 radical (unpaired) electrons. The Morgan fingerprint density at radius 1 is 1.09 bits per heavy atom. The van der Waals surface area contributed by atoms with Crippen molar-refractivity contribution in [2.24, 2.45) is 0 Å². The molecule has 4 rings (SSSR count). The third-order valence-electron chi connectivity index (χ3n) is 4.02. The summed E-state index contributed by atoms with van der Waals surface area (Å²) < 4.78 is 11.8. The van der Waals surface area contributed by atoms with Crippen LogP contribution in [0.4, 0.5) is 0 Å². The maximum atomic E-state index is 6.22. The van der Waals surface area contributed by atoms with E-state index in [9.17, 15) is 0 Å². The Hall–Kier alpha value is -1.97. The van der Waals surface area contributed by atoms with Gasteiger partial charge in [0.25, 0.3) is 0 Å². The van der Waals surface area contributed by atoms with Crippen LogP contribution in [0, 0.1) is 0 Å². The molecule has 22 heavy (non-hydrogen) atoms. The van der Waals surface area contributed by atoms with Gasteiger partial charge in [0, 0.05) is 12.1 Å². The number of halogens is 1. The molecule has 1 unspecified atom stereocenters. The normalized spacial score (nSPS) is 17.8. The van der Waals surface area contributed by atoms with Gasteiger partial charge in [-0.3, -0.25) is 4.90 Å². The molecule has 3 aromatic rings. The molecule has 1 aliphatic rings. The number of hydrogen-bond donors (Lipinski definition) is 0. The number of ether oxygens (including phenoxy) is 1. The zero-order valence-corrected chi connectivity index (χ0v) is 13.2. The van der Waals surface area contributed by atoms with Crippen molar-refractivity contribution in [2.45, 2.75) is 12.6 Å². The first-order chi connectivity index (χ1) is 10.3. The molecular weight excluding hydrogens is 298 g/mol. The van der Waals surface area contributed by atoms with Gasteiger partial charge in [0.2, 0.25) is 0 Å². The van der Waals surface area contributed by atoms with Crippen LogP contribution < -0.4 is 4.74 Å². The van der Waals surface area contributed by atoms with Crippen molar-refractivity contribution in [1.82, 2.24) is 4.90 Å². The minimum atomic E-state index is 0. The summed E-state index contributed by atoms with van der Waals surface area (Å²) in [6.45, 7) is 1.72. The molecule has 0 fully saturated rings. The van der Waals surface area contributed by atoms with E-state index in [1.807, 2.05) is 12.1 Å². The number of nitrogens with zero attached hydrogens (tertiary/aromatic N) is 1. The highest BCUT2D eigenvalue weighted by molar-refractivity contribution is 5.85. The first-order valence-corrected chi connectivity index (χ1v) is 7.20. The molecule has 0 bridgehead atoms. The standard InChI is InChI=1S/C18H17NO2.ClH/c1-19-11-17-16(8-9-20-17)18(12-19)21-15-7-6-13-4-2-3-5-14(13)10-15;/h2-10,18H,11-12H2,1H3;1H. The lowest BCUT2D eigenvalue weighted by Crippen LogP contribution is -2.32. The third kappa shape index (κ3) is 2.70. The smallest absolute Gasteiger partial charge is 0.140 e. The van der Waals surface area contributed by atoms with Crippen molar-refractivity contribution < 1.29 is 9.15 Å². The molecule has 0 N–H and O–H groups in total. The molecule has 114 valence electrons. The lowest BCUT2D eigenvalue weighted by molar-refractivity contribution is 0.120. The van der Waals surface area contributed by atoms with Crippen molar-refractivity contribution >= 4 is 23.2 Å². The SMILES string of the molecule is CN1Cc2occc2C(Oc2ccc3ccccc3c2)C1.Cl. The van der Waals surface area contributed by atoms with Crippen LogP contribution in [-0.4, -0.2) is 18.5 Å². The van der Waals surface area contributed by atoms with E-state index >= 15 is 0 Å². The Bertz CT molecular complexity index is 783. The quantitative estimate of drug-likeness (QED) is 0.700. The van der Waals surface area contributed by atoms with Crippen molar-refractivity contribution in [2.75, 3.05) is 13.6 Å². The second kappa shape index (κ2) is 6.03. The summed E-state index contributed by atoms with van der Waals surface area (Å²) in [5.41, 5.74) is 1.17. The van der Waals surface area contributed by atoms with Crippen LogP contribution in [0.15, 0.2) is 59.2 Å². The van der Waals surface area contributed by atoms with Crippen molar-refractivity contribution in [1.29, 1.82) is 0 Å². The molecule has 0 saturated carbocycles. The molecule has 1 aliphatic heterocycles. The lowest BCUT2D eigenvalue weighted by Gasteiger charge is -2.29. The van der Waals surface area contributed by atoms with Crippen LogP contribution in [0.2, 0.25) is 0 Å². The monoisotopic (exact) mass is 315 g/mol. The predicted molar refractivity (Wildman–Crippen MR) is 89.6 cm³/mol. The summed E-state index contributed by atoms with van der Waals surface area (Å²) in [5.74, 6) is 1.91. The number of fused-ring (bicyclic) bond motifs is 2. The van der Waals surface area contributed by atoms with Gasteiger partial charge in [0.05, 0.1) is 12.8 Å². The van der Waals surface area contributed by atoms with Crippen molar-refractivity contribution in [3.05, 3.63) is 66.1 Å². The third-order valence-corrected chi connectivity index (χ3v) is 4.02. The van der Waals surface area contributed by atoms with Gasteiger partial charge in [-0.15, -0.1) is 12.4 Å². The van der Waals surface area contributed by atoms with Crippen LogP contribution in [0.1, 0.15) is 17.4 Å². The van der Waals surface area contributed by atoms with Crippen LogP contribution in [0.5, 0.6) is 5.75 Å². The summed E-state index contributed by atoms with van der Waals surface area (Å²) in [6, 6.07) is 16.6. The van der Waals surface area contributed by atoms with E-state index in [0.29, 0.717) is 0 Å². The van der Waals surface area contributed by atoms with E-state index < -0.39 is 0 Å². The molecule has 0 saturated heterocycles. The van der Waals surface area contributed by atoms with Crippen LogP contribution >= 0.6 is 12.4 Å². The average molecular weight is 316 g/mol. The molecule has 0 spiro atoms. The highest BCUT2D eigenvalue weighted by atomic mass is 35.5. The fourth-order valence-corrected chi connectivity index (χ4v) is 2.96. The average Bonchev–Trinajstić information content (AvgIpc) is 2.95. The summed E-state index contributed by atoms with van der Waals surface area (Å²) in [6.07, 6.45) is 1.78. The minimum Gasteiger partial charge on any atom is -0.484 e. The Morgan fingerprint density at radius 2 is 1.91 bits per heavy atom. The summed E-state index contributed by atoms with van der Waals surface area (Å²) in [5, 5.41) is 2.43. The topological polar surface area (TPSA) is 25.6 Å². The Labute approximate surface area is 135 Å². The van der Waals surface area contributed by atoms with Crippen LogP contribution in [0.3, 0.4) is 0 Å². The first kappa shape index (κ1) is 14.9. The maximum Gasteiger partial charge on any atom is 0.140 e. The molecule has 1 atom stereocenters. The van der Waals surface area contributed by atoms with Gasteiger partial charge >= 0.3 is 0 Å². The second-order valence-electron chi connectivity index (χ2n) is 5.61. The molecule has 0 amide bonds. The zero-order valence-electron chi connectivity index (χ0n) is 12.4. The van der Waals surface area contributed by atoms with E-state index in [1.54, 1.807) is 6.26 Å². The van der Waals surface area contributed by atoms with Gasteiger partial charge < -0.3 is 9.15 Å². The van der Waals surface area contributed by atoms with E-state index in [2.05, 4.69) is 48.3 Å². The first-order valence-electron chi connectivity index (χ1n) is 7.20. The van der Waals surface area contributed by atoms with E-state index in [1.165, 1.54) is 16.3 Å². The molecule has 0 aliphatic carbocycles. The number of hydrogen-bond acceptors (Lipinski definition) is 3. The van der Waals surface area contributed by atoms with Crippen LogP contribution in [0.25, 0.3) is 10.8 Å². The van der Waals surface area contributed by atoms with Gasteiger partial charge in [-0.2, -0.15) is 0 Å². The largest absolute Gasteiger partial charge is 0.484 e. The van der Waals surface area contributed by atoms with Gasteiger partial charge in [0.1, 0.15) is 17.6 Å². The van der Waals surface area contributed by atoms with Crippen LogP contribution in [-0.2, 0) is 6.54 Å². The number of rotatable bonds is 2. The minimum absolute atomic E-state index is 0.